The lowest BCUT2D eigenvalue weighted by Gasteiger charge is -2.02. The number of benzene rings is 1. The lowest BCUT2D eigenvalue weighted by molar-refractivity contribution is 0.734. The van der Waals surface area contributed by atoms with E-state index in [0.717, 1.165) is 16.8 Å². The number of nitrogens with zero attached hydrogens (tertiary/aromatic N) is 1. The second kappa shape index (κ2) is 4.77. The van der Waals surface area contributed by atoms with Crippen LogP contribution in [-0.4, -0.2) is 16.8 Å². The van der Waals surface area contributed by atoms with E-state index in [0.29, 0.717) is 11.6 Å². The van der Waals surface area contributed by atoms with Gasteiger partial charge in [0.2, 0.25) is 0 Å². The van der Waals surface area contributed by atoms with Gasteiger partial charge < -0.3 is 5.32 Å². The van der Waals surface area contributed by atoms with Crippen LogP contribution in [0.25, 0.3) is 11.3 Å². The molecule has 1 heterocycles. The van der Waals surface area contributed by atoms with Gasteiger partial charge in [0.05, 0.1) is 11.3 Å². The molecule has 0 saturated carbocycles. The van der Waals surface area contributed by atoms with Crippen molar-refractivity contribution in [2.45, 2.75) is 6.54 Å². The predicted molar refractivity (Wildman–Crippen MR) is 69.2 cm³/mol. The van der Waals surface area contributed by atoms with Gasteiger partial charge in [-0.2, -0.15) is 0 Å². The van der Waals surface area contributed by atoms with Crippen LogP contribution in [0, 0.1) is 0 Å². The number of aromatic amines is 1. The van der Waals surface area contributed by atoms with E-state index in [1.54, 1.807) is 7.05 Å². The molecule has 17 heavy (non-hydrogen) atoms. The van der Waals surface area contributed by atoms with Gasteiger partial charge in [-0.1, -0.05) is 23.7 Å². The molecule has 90 valence electrons. The smallest absolute Gasteiger partial charge is 0.271 e. The van der Waals surface area contributed by atoms with E-state index in [1.807, 2.05) is 31.3 Å². The highest BCUT2D eigenvalue weighted by molar-refractivity contribution is 6.30. The molecule has 0 aliphatic carbocycles. The largest absolute Gasteiger partial charge is 0.315 e. The number of nitrogens with one attached hydrogen (secondary N) is 2. The summed E-state index contributed by atoms with van der Waals surface area (Å²) in [5, 5.41) is 6.74. The van der Waals surface area contributed by atoms with Crippen molar-refractivity contribution in [2.24, 2.45) is 7.05 Å². The number of H-pyrrole nitrogens is 1. The Morgan fingerprint density at radius 1 is 1.35 bits per heavy atom. The summed E-state index contributed by atoms with van der Waals surface area (Å²) in [7, 11) is 3.53. The highest BCUT2D eigenvalue weighted by Gasteiger charge is 2.12. The maximum Gasteiger partial charge on any atom is 0.271 e. The quantitative estimate of drug-likeness (QED) is 0.873. The van der Waals surface area contributed by atoms with Gasteiger partial charge in [0.15, 0.2) is 0 Å². The summed E-state index contributed by atoms with van der Waals surface area (Å²) in [4.78, 5) is 11.9. The minimum atomic E-state index is -0.00991. The zero-order valence-electron chi connectivity index (χ0n) is 9.75. The van der Waals surface area contributed by atoms with Gasteiger partial charge >= 0.3 is 0 Å². The molecule has 1 aromatic heterocycles. The molecule has 0 saturated heterocycles. The number of rotatable bonds is 3. The third-order valence-corrected chi connectivity index (χ3v) is 2.88. The van der Waals surface area contributed by atoms with Crippen LogP contribution in [0.15, 0.2) is 29.1 Å². The minimum absolute atomic E-state index is 0.00991. The zero-order chi connectivity index (χ0) is 12.4. The average molecular weight is 252 g/mol. The molecule has 0 atom stereocenters. The second-order valence-corrected chi connectivity index (χ2v) is 4.30. The van der Waals surface area contributed by atoms with Gasteiger partial charge in [0.25, 0.3) is 5.56 Å². The Kier molecular flexibility index (Phi) is 3.36. The first kappa shape index (κ1) is 12.0. The Hall–Kier alpha value is -1.52. The highest BCUT2D eigenvalue weighted by atomic mass is 35.5. The predicted octanol–water partition coefficient (Wildman–Crippen LogP) is 1.75. The van der Waals surface area contributed by atoms with Crippen LogP contribution in [0.4, 0.5) is 0 Å². The highest BCUT2D eigenvalue weighted by Crippen LogP contribution is 2.21. The van der Waals surface area contributed by atoms with E-state index in [2.05, 4.69) is 10.4 Å². The average Bonchev–Trinajstić information content (AvgIpc) is 2.59. The van der Waals surface area contributed by atoms with E-state index in [9.17, 15) is 4.79 Å². The van der Waals surface area contributed by atoms with E-state index >= 15 is 0 Å². The molecule has 0 aliphatic heterocycles. The number of aryl methyl sites for hydroxylation is 1. The van der Waals surface area contributed by atoms with Crippen molar-refractivity contribution in [2.75, 3.05) is 7.05 Å². The molecular weight excluding hydrogens is 238 g/mol. The van der Waals surface area contributed by atoms with Crippen LogP contribution >= 0.6 is 11.6 Å². The molecule has 0 amide bonds. The molecule has 5 heteroatoms. The van der Waals surface area contributed by atoms with Crippen molar-refractivity contribution in [1.82, 2.24) is 15.1 Å². The van der Waals surface area contributed by atoms with E-state index in [4.69, 9.17) is 11.6 Å². The summed E-state index contributed by atoms with van der Waals surface area (Å²) in [5.41, 5.74) is 2.52. The van der Waals surface area contributed by atoms with Gasteiger partial charge in [-0.05, 0) is 19.2 Å². The molecule has 0 radical (unpaired) electrons. The molecule has 0 bridgehead atoms. The first-order valence-electron chi connectivity index (χ1n) is 5.32. The van der Waals surface area contributed by atoms with E-state index in [-0.39, 0.29) is 5.56 Å². The standard InChI is InChI=1S/C12H14ClN3O/c1-14-7-10-11(15-16(2)12(10)17)8-3-5-9(13)6-4-8/h3-6,14-15H,7H2,1-2H3. The van der Waals surface area contributed by atoms with Crippen molar-refractivity contribution in [3.05, 3.63) is 45.2 Å². The molecule has 0 aliphatic rings. The van der Waals surface area contributed by atoms with Gasteiger partial charge in [0, 0.05) is 24.2 Å². The minimum Gasteiger partial charge on any atom is -0.315 e. The number of hydrogen-bond donors (Lipinski definition) is 2. The third kappa shape index (κ3) is 2.28. The van der Waals surface area contributed by atoms with E-state index in [1.165, 1.54) is 4.68 Å². The molecular formula is C12H14ClN3O. The van der Waals surface area contributed by atoms with Crippen LogP contribution in [0.3, 0.4) is 0 Å². The molecule has 4 nitrogen and oxygen atoms in total. The normalized spacial score (nSPS) is 10.8. The molecule has 0 unspecified atom stereocenters. The summed E-state index contributed by atoms with van der Waals surface area (Å²) in [6.07, 6.45) is 0. The second-order valence-electron chi connectivity index (χ2n) is 3.87. The Morgan fingerprint density at radius 2 is 2.00 bits per heavy atom. The lowest BCUT2D eigenvalue weighted by atomic mass is 10.1. The maximum absolute atomic E-state index is 11.9. The van der Waals surface area contributed by atoms with Crippen molar-refractivity contribution < 1.29 is 0 Å². The summed E-state index contributed by atoms with van der Waals surface area (Å²) < 4.78 is 1.48. The lowest BCUT2D eigenvalue weighted by Crippen LogP contribution is -2.19. The topological polar surface area (TPSA) is 49.8 Å². The fraction of sp³-hybridized carbons (Fsp3) is 0.250. The van der Waals surface area contributed by atoms with Gasteiger partial charge in [-0.3, -0.25) is 14.6 Å². The van der Waals surface area contributed by atoms with E-state index < -0.39 is 0 Å². The fourth-order valence-electron chi connectivity index (χ4n) is 1.79. The summed E-state index contributed by atoms with van der Waals surface area (Å²) >= 11 is 5.85. The van der Waals surface area contributed by atoms with Crippen molar-refractivity contribution >= 4 is 11.6 Å². The molecule has 0 fully saturated rings. The summed E-state index contributed by atoms with van der Waals surface area (Å²) in [5.74, 6) is 0. The summed E-state index contributed by atoms with van der Waals surface area (Å²) in [6.45, 7) is 0.536. The Labute approximate surface area is 104 Å². The van der Waals surface area contributed by atoms with Crippen molar-refractivity contribution in [3.63, 3.8) is 0 Å². The Morgan fingerprint density at radius 3 is 2.59 bits per heavy atom. The molecule has 2 rings (SSSR count). The Balaban J connectivity index is 2.54. The first-order valence-corrected chi connectivity index (χ1v) is 5.69. The zero-order valence-corrected chi connectivity index (χ0v) is 10.5. The van der Waals surface area contributed by atoms with Gasteiger partial charge in [-0.25, -0.2) is 0 Å². The molecule has 0 spiro atoms. The monoisotopic (exact) mass is 251 g/mol. The van der Waals surface area contributed by atoms with Crippen LogP contribution in [0.1, 0.15) is 5.56 Å². The van der Waals surface area contributed by atoms with Gasteiger partial charge in [0.1, 0.15) is 0 Å². The third-order valence-electron chi connectivity index (χ3n) is 2.63. The first-order chi connectivity index (χ1) is 8.13. The SMILES string of the molecule is CNCc1c(-c2ccc(Cl)cc2)[nH]n(C)c1=O. The Bertz CT molecular complexity index is 568. The maximum atomic E-state index is 11.9. The van der Waals surface area contributed by atoms with Crippen LogP contribution in [0.2, 0.25) is 5.02 Å². The molecule has 2 aromatic rings. The van der Waals surface area contributed by atoms with Crippen LogP contribution in [-0.2, 0) is 13.6 Å². The summed E-state index contributed by atoms with van der Waals surface area (Å²) in [6, 6.07) is 7.41. The fourth-order valence-corrected chi connectivity index (χ4v) is 1.92. The number of hydrogen-bond acceptors (Lipinski definition) is 2. The number of aromatic nitrogens is 2. The van der Waals surface area contributed by atoms with Crippen molar-refractivity contribution in [1.29, 1.82) is 0 Å². The van der Waals surface area contributed by atoms with Gasteiger partial charge in [-0.15, -0.1) is 0 Å². The molecule has 2 N–H and O–H groups in total. The van der Waals surface area contributed by atoms with Crippen molar-refractivity contribution in [3.8, 4) is 11.3 Å². The van der Waals surface area contributed by atoms with Crippen LogP contribution < -0.4 is 10.9 Å². The molecule has 1 aromatic carbocycles. The van der Waals surface area contributed by atoms with Crippen LogP contribution in [0.5, 0.6) is 0 Å². The number of halogens is 1.